The summed E-state index contributed by atoms with van der Waals surface area (Å²) in [4.78, 5) is 10.9. The molecule has 1 aromatic heterocycles. The van der Waals surface area contributed by atoms with Gasteiger partial charge in [0.05, 0.1) is 11.4 Å². The van der Waals surface area contributed by atoms with Gasteiger partial charge in [0, 0.05) is 16.7 Å². The molecule has 9 aromatic carbocycles. The number of nitrogens with zero attached hydrogens (tertiary/aromatic N) is 2. The summed E-state index contributed by atoms with van der Waals surface area (Å²) in [6.45, 7) is 0. The Bertz CT molecular complexity index is 2950. The SMILES string of the molecule is c1ccc(-c2ccc(-c3cc(-c4ccccc4-c4ccc(-c5ccccc5)cc4)nc(-c4c5ccccc5cc5c4ccc4ccccc45)n3)cc2)cc1. The van der Waals surface area contributed by atoms with Crippen LogP contribution in [0.15, 0.2) is 206 Å². The molecular weight excluding hydrogens is 653 g/mol. The molecule has 0 aliphatic rings. The molecule has 10 aromatic rings. The van der Waals surface area contributed by atoms with Crippen LogP contribution < -0.4 is 0 Å². The summed E-state index contributed by atoms with van der Waals surface area (Å²) < 4.78 is 0. The quantitative estimate of drug-likeness (QED) is 0.129. The van der Waals surface area contributed by atoms with E-state index in [0.717, 1.165) is 55.4 Å². The first-order valence-corrected chi connectivity index (χ1v) is 18.4. The van der Waals surface area contributed by atoms with Crippen LogP contribution in [0.3, 0.4) is 0 Å². The fraction of sp³-hybridized carbons (Fsp3) is 0. The van der Waals surface area contributed by atoms with Gasteiger partial charge in [0.25, 0.3) is 0 Å². The highest BCUT2D eigenvalue weighted by Gasteiger charge is 2.19. The standard InChI is InChI=1S/C52H34N2/c1-3-13-35(14-4-1)37-23-27-40(28-24-37)43-19-11-12-22-46(43)50-34-49(41-29-25-38(26-30-41)36-15-5-2-6-16-36)53-52(54-50)51-45-21-10-8-18-42(45)33-48-44-20-9-7-17-39(44)31-32-47(48)51/h1-34H. The van der Waals surface area contributed by atoms with E-state index in [1.54, 1.807) is 0 Å². The van der Waals surface area contributed by atoms with Crippen LogP contribution in [0.5, 0.6) is 0 Å². The minimum atomic E-state index is 0.709. The Balaban J connectivity index is 1.20. The van der Waals surface area contributed by atoms with Crippen molar-refractivity contribution < 1.29 is 0 Å². The Morgan fingerprint density at radius 3 is 1.44 bits per heavy atom. The van der Waals surface area contributed by atoms with E-state index in [0.29, 0.717) is 5.82 Å². The van der Waals surface area contributed by atoms with E-state index in [4.69, 9.17) is 9.97 Å². The van der Waals surface area contributed by atoms with Gasteiger partial charge in [0.2, 0.25) is 0 Å². The molecular formula is C52H34N2. The van der Waals surface area contributed by atoms with Crippen LogP contribution in [0.25, 0.3) is 99.6 Å². The smallest absolute Gasteiger partial charge is 0.161 e. The molecule has 0 N–H and O–H groups in total. The van der Waals surface area contributed by atoms with Gasteiger partial charge < -0.3 is 0 Å². The molecule has 0 saturated heterocycles. The topological polar surface area (TPSA) is 25.8 Å². The lowest BCUT2D eigenvalue weighted by atomic mass is 9.92. The van der Waals surface area contributed by atoms with Gasteiger partial charge in [0.1, 0.15) is 0 Å². The van der Waals surface area contributed by atoms with Crippen molar-refractivity contribution >= 4 is 32.3 Å². The second kappa shape index (κ2) is 13.4. The van der Waals surface area contributed by atoms with Gasteiger partial charge >= 0.3 is 0 Å². The Morgan fingerprint density at radius 2 is 0.759 bits per heavy atom. The molecule has 0 amide bonds. The zero-order chi connectivity index (χ0) is 35.8. The summed E-state index contributed by atoms with van der Waals surface area (Å²) in [5, 5.41) is 7.07. The number of hydrogen-bond donors (Lipinski definition) is 0. The molecule has 54 heavy (non-hydrogen) atoms. The average molecular weight is 687 g/mol. The molecule has 0 fully saturated rings. The number of hydrogen-bond acceptors (Lipinski definition) is 2. The summed E-state index contributed by atoms with van der Waals surface area (Å²) in [5.41, 5.74) is 11.9. The zero-order valence-electron chi connectivity index (χ0n) is 29.5. The number of rotatable bonds is 6. The maximum atomic E-state index is 5.49. The van der Waals surface area contributed by atoms with Crippen LogP contribution in [-0.4, -0.2) is 9.97 Å². The van der Waals surface area contributed by atoms with Crippen LogP contribution in [0, 0.1) is 0 Å². The third kappa shape index (κ3) is 5.71. The van der Waals surface area contributed by atoms with Crippen molar-refractivity contribution in [2.45, 2.75) is 0 Å². The van der Waals surface area contributed by atoms with Crippen LogP contribution >= 0.6 is 0 Å². The third-order valence-corrected chi connectivity index (χ3v) is 10.5. The van der Waals surface area contributed by atoms with Crippen LogP contribution in [0.1, 0.15) is 0 Å². The highest BCUT2D eigenvalue weighted by molar-refractivity contribution is 6.19. The summed E-state index contributed by atoms with van der Waals surface area (Å²) in [5.74, 6) is 0.709. The molecule has 0 saturated carbocycles. The fourth-order valence-electron chi connectivity index (χ4n) is 7.80. The normalized spacial score (nSPS) is 11.3. The van der Waals surface area contributed by atoms with Crippen molar-refractivity contribution in [3.05, 3.63) is 206 Å². The van der Waals surface area contributed by atoms with E-state index >= 15 is 0 Å². The van der Waals surface area contributed by atoms with Crippen LogP contribution in [0.4, 0.5) is 0 Å². The Hall–Kier alpha value is -7.16. The largest absolute Gasteiger partial charge is 0.228 e. The van der Waals surface area contributed by atoms with E-state index in [1.807, 2.05) is 0 Å². The molecule has 0 atom stereocenters. The minimum absolute atomic E-state index is 0.709. The highest BCUT2D eigenvalue weighted by Crippen LogP contribution is 2.41. The van der Waals surface area contributed by atoms with Crippen molar-refractivity contribution in [2.75, 3.05) is 0 Å². The van der Waals surface area contributed by atoms with E-state index in [2.05, 4.69) is 206 Å². The van der Waals surface area contributed by atoms with Gasteiger partial charge in [-0.15, -0.1) is 0 Å². The lowest BCUT2D eigenvalue weighted by Crippen LogP contribution is -1.98. The predicted octanol–water partition coefficient (Wildman–Crippen LogP) is 13.9. The van der Waals surface area contributed by atoms with Gasteiger partial charge in [-0.1, -0.05) is 194 Å². The molecule has 2 heteroatoms. The highest BCUT2D eigenvalue weighted by atomic mass is 14.9. The van der Waals surface area contributed by atoms with E-state index in [9.17, 15) is 0 Å². The van der Waals surface area contributed by atoms with Gasteiger partial charge in [-0.3, -0.25) is 0 Å². The molecule has 1 heterocycles. The third-order valence-electron chi connectivity index (χ3n) is 10.5. The lowest BCUT2D eigenvalue weighted by molar-refractivity contribution is 1.19. The Labute approximate surface area is 314 Å². The molecule has 2 nitrogen and oxygen atoms in total. The zero-order valence-corrected chi connectivity index (χ0v) is 29.5. The molecule has 0 radical (unpaired) electrons. The second-order valence-electron chi connectivity index (χ2n) is 13.7. The number of aromatic nitrogens is 2. The molecule has 0 aliphatic carbocycles. The van der Waals surface area contributed by atoms with Gasteiger partial charge in [-0.25, -0.2) is 9.97 Å². The van der Waals surface area contributed by atoms with Crippen molar-refractivity contribution in [1.82, 2.24) is 9.97 Å². The fourth-order valence-corrected chi connectivity index (χ4v) is 7.80. The van der Waals surface area contributed by atoms with Gasteiger partial charge in [0.15, 0.2) is 5.82 Å². The van der Waals surface area contributed by atoms with E-state index in [1.165, 1.54) is 38.4 Å². The summed E-state index contributed by atoms with van der Waals surface area (Å²) >= 11 is 0. The van der Waals surface area contributed by atoms with Gasteiger partial charge in [-0.05, 0) is 77.8 Å². The van der Waals surface area contributed by atoms with Gasteiger partial charge in [-0.2, -0.15) is 0 Å². The summed E-state index contributed by atoms with van der Waals surface area (Å²) in [6.07, 6.45) is 0. The van der Waals surface area contributed by atoms with Crippen molar-refractivity contribution in [1.29, 1.82) is 0 Å². The first kappa shape index (κ1) is 31.6. The first-order valence-electron chi connectivity index (χ1n) is 18.4. The van der Waals surface area contributed by atoms with Crippen molar-refractivity contribution in [3.8, 4) is 67.3 Å². The molecule has 10 rings (SSSR count). The Morgan fingerprint density at radius 1 is 0.259 bits per heavy atom. The summed E-state index contributed by atoms with van der Waals surface area (Å²) in [7, 11) is 0. The maximum absolute atomic E-state index is 5.49. The second-order valence-corrected chi connectivity index (χ2v) is 13.7. The molecule has 0 unspecified atom stereocenters. The van der Waals surface area contributed by atoms with Crippen molar-refractivity contribution in [3.63, 3.8) is 0 Å². The van der Waals surface area contributed by atoms with Crippen LogP contribution in [0.2, 0.25) is 0 Å². The summed E-state index contributed by atoms with van der Waals surface area (Å²) in [6, 6.07) is 73.4. The number of benzene rings is 9. The number of fused-ring (bicyclic) bond motifs is 4. The molecule has 252 valence electrons. The van der Waals surface area contributed by atoms with Crippen LogP contribution in [-0.2, 0) is 0 Å². The van der Waals surface area contributed by atoms with E-state index in [-0.39, 0.29) is 0 Å². The predicted molar refractivity (Wildman–Crippen MR) is 227 cm³/mol. The van der Waals surface area contributed by atoms with Crippen molar-refractivity contribution in [2.24, 2.45) is 0 Å². The maximum Gasteiger partial charge on any atom is 0.161 e. The monoisotopic (exact) mass is 686 g/mol. The first-order chi connectivity index (χ1) is 26.8. The minimum Gasteiger partial charge on any atom is -0.228 e. The van der Waals surface area contributed by atoms with E-state index < -0.39 is 0 Å². The lowest BCUT2D eigenvalue weighted by Gasteiger charge is -2.16. The molecule has 0 aliphatic heterocycles. The average Bonchev–Trinajstić information content (AvgIpc) is 3.26. The molecule has 0 spiro atoms. The molecule has 0 bridgehead atoms. The Kier molecular flexibility index (Phi) is 7.85.